The number of hydrogen-bond acceptors (Lipinski definition) is 3. The number of rotatable bonds is 0. The second-order valence-electron chi connectivity index (χ2n) is 2.95. The average molecular weight is 191 g/mol. The van der Waals surface area contributed by atoms with Crippen molar-refractivity contribution in [2.24, 2.45) is 0 Å². The number of carbonyl (C=O) groups excluding carboxylic acids is 3. The molecule has 0 aliphatic carbocycles. The molecule has 0 aromatic rings. The molecule has 2 rings (SSSR count). The molecular weight excluding hydrogens is 183 g/mol. The second kappa shape index (κ2) is 2.35. The third kappa shape index (κ3) is 1.00. The summed E-state index contributed by atoms with van der Waals surface area (Å²) in [5, 5.41) is 6.98. The predicted octanol–water partition coefficient (Wildman–Crippen LogP) is -1.82. The molecule has 7 heteroatoms. The summed E-state index contributed by atoms with van der Waals surface area (Å²) in [6.45, 7) is 0. The first-order valence-electron chi connectivity index (χ1n) is 3.74. The molecule has 2 aliphatic heterocycles. The molecule has 2 unspecified atom stereocenters. The number of carbonyl (C=O) groups is 3. The smallest absolute Gasteiger partial charge is 0.323 e. The van der Waals surface area contributed by atoms with Gasteiger partial charge in [-0.2, -0.15) is 0 Å². The fourth-order valence-electron chi connectivity index (χ4n) is 1.41. The van der Waals surface area contributed by atoms with E-state index in [1.54, 1.807) is 0 Å². The Balaban J connectivity index is 2.27. The maximum Gasteiger partial charge on any atom is 0.325 e. The minimum absolute atomic E-state index is 0.438. The lowest BCUT2D eigenvalue weighted by Crippen LogP contribution is -2.64. The predicted molar refractivity (Wildman–Crippen MR) is 40.5 cm³/mol. The fourth-order valence-corrected chi connectivity index (χ4v) is 1.41. The van der Waals surface area contributed by atoms with Crippen LogP contribution in [0.4, 0.5) is 9.59 Å². The lowest BCUT2D eigenvalue weighted by atomic mass is 11.1. The van der Waals surface area contributed by atoms with Gasteiger partial charge in [0.15, 0.2) is 0 Å². The number of hydrogen-bond donors (Lipinski definition) is 3. The first-order chi connectivity index (χ1) is 6.09. The molecule has 0 spiro atoms. The Labute approximate surface area is 73.4 Å². The molecule has 70 valence electrons. The average Bonchev–Trinajstić information content (AvgIpc) is 2.44. The van der Waals surface area contributed by atoms with Crippen LogP contribution in [0.15, 0.2) is 0 Å². The topological polar surface area (TPSA) is 90.5 Å². The maximum atomic E-state index is 11.2. The quantitative estimate of drug-likeness (QED) is 0.311. The Morgan fingerprint density at radius 3 is 2.62 bits per heavy atom. The molecule has 2 fully saturated rings. The van der Waals surface area contributed by atoms with Crippen molar-refractivity contribution in [3.8, 4) is 0 Å². The van der Waals surface area contributed by atoms with Gasteiger partial charge < -0.3 is 15.5 Å². The molecule has 0 saturated carbocycles. The van der Waals surface area contributed by atoms with Gasteiger partial charge in [-0.25, -0.2) is 9.59 Å². The second-order valence-corrected chi connectivity index (χ2v) is 2.95. The van der Waals surface area contributed by atoms with Gasteiger partial charge in [0.25, 0.3) is 5.91 Å². The van der Waals surface area contributed by atoms with E-state index < -0.39 is 30.2 Å². The van der Waals surface area contributed by atoms with Crippen molar-refractivity contribution < 1.29 is 14.4 Å². The largest absolute Gasteiger partial charge is 0.325 e. The van der Waals surface area contributed by atoms with Gasteiger partial charge in [0.2, 0.25) is 0 Å². The molecule has 7 nitrogen and oxygen atoms in total. The monoisotopic (exact) mass is 191 g/mol. The maximum absolute atomic E-state index is 11.2. The summed E-state index contributed by atoms with van der Waals surface area (Å²) >= 11 is 0. The minimum atomic E-state index is -0.685. The molecule has 13 heavy (non-hydrogen) atoms. The van der Waals surface area contributed by atoms with Crippen LogP contribution in [-0.2, 0) is 4.79 Å². The van der Waals surface area contributed by atoms with Crippen LogP contribution in [-0.4, -0.2) is 42.1 Å². The summed E-state index contributed by atoms with van der Waals surface area (Å²) in [6, 6.07) is -1.63. The van der Waals surface area contributed by atoms with Crippen molar-refractivity contribution in [2.75, 3.05) is 7.05 Å². The molecule has 3 N–H and O–H groups in total. The lowest BCUT2D eigenvalue weighted by Gasteiger charge is -2.32. The zero-order valence-electron chi connectivity index (χ0n) is 6.83. The van der Waals surface area contributed by atoms with Gasteiger partial charge in [0, 0.05) is 7.05 Å². The lowest BCUT2D eigenvalue weighted by molar-refractivity contribution is -0.124. The standard InChI is InChI=1S/C6H8N4O3/c1-10-3-2(7-5(12)8-3)4(11)9-6(10)13/h2-3H,1H3,(H2,7,8,12)(H,9,11,13)/i2+1,3+1,4+1,6+1,8+1,9+1,10+1. The van der Waals surface area contributed by atoms with Gasteiger partial charge in [-0.3, -0.25) is 10.1 Å². The molecule has 0 bridgehead atoms. The minimum Gasteiger partial charge on any atom is -0.323 e. The highest BCUT2D eigenvalue weighted by Crippen LogP contribution is 2.10. The third-order valence-electron chi connectivity index (χ3n) is 2.13. The zero-order chi connectivity index (χ0) is 9.59. The van der Waals surface area contributed by atoms with E-state index in [2.05, 4.69) is 16.0 Å². The third-order valence-corrected chi connectivity index (χ3v) is 2.13. The zero-order valence-corrected chi connectivity index (χ0v) is 6.83. The van der Waals surface area contributed by atoms with E-state index in [9.17, 15) is 14.4 Å². The van der Waals surface area contributed by atoms with Crippen molar-refractivity contribution in [3.63, 3.8) is 0 Å². The van der Waals surface area contributed by atoms with E-state index in [4.69, 9.17) is 0 Å². The summed E-state index contributed by atoms with van der Waals surface area (Å²) in [5.41, 5.74) is 0. The number of nitrogens with one attached hydrogen (secondary N) is 3. The Bertz CT molecular complexity index is 302. The molecule has 0 aromatic heterocycles. The van der Waals surface area contributed by atoms with Gasteiger partial charge in [-0.1, -0.05) is 0 Å². The Morgan fingerprint density at radius 1 is 1.23 bits per heavy atom. The molecule has 2 saturated heterocycles. The van der Waals surface area contributed by atoms with E-state index in [-0.39, 0.29) is 0 Å². The van der Waals surface area contributed by atoms with Crippen molar-refractivity contribution >= 4 is 18.0 Å². The Hall–Kier alpha value is -1.79. The van der Waals surface area contributed by atoms with Gasteiger partial charge in [0.05, 0.1) is 0 Å². The number of nitrogens with zero attached hydrogens (tertiary/aromatic N) is 1. The molecule has 0 aromatic carbocycles. The van der Waals surface area contributed by atoms with Crippen molar-refractivity contribution in [1.29, 1.82) is 0 Å². The summed E-state index contributed by atoms with van der Waals surface area (Å²) in [6.07, 6.45) is -0.575. The number of fused-ring (bicyclic) bond motifs is 1. The SMILES string of the molecule is C[15N]1[13C](=O)[15NH][13C](=O)[13CH]2NC(=O)[15NH][13CH]21. The van der Waals surface area contributed by atoms with E-state index in [0.717, 1.165) is 0 Å². The summed E-state index contributed by atoms with van der Waals surface area (Å²) in [5.74, 6) is -0.480. The van der Waals surface area contributed by atoms with Gasteiger partial charge in [0.1, 0.15) is 12.2 Å². The number of imide groups is 1. The number of likely N-dealkylation sites (N-methyl/N-ethyl adjacent to an activating group) is 1. The van der Waals surface area contributed by atoms with Gasteiger partial charge in [-0.05, 0) is 0 Å². The summed E-state index contributed by atoms with van der Waals surface area (Å²) in [7, 11) is 1.51. The van der Waals surface area contributed by atoms with Crippen LogP contribution in [0.25, 0.3) is 0 Å². The van der Waals surface area contributed by atoms with Crippen molar-refractivity contribution in [2.45, 2.75) is 12.2 Å². The first-order valence-corrected chi connectivity index (χ1v) is 3.74. The van der Waals surface area contributed by atoms with E-state index >= 15 is 0 Å². The van der Waals surface area contributed by atoms with Crippen molar-refractivity contribution in [1.82, 2.24) is 20.9 Å². The highest BCUT2D eigenvalue weighted by molar-refractivity contribution is 6.03. The molecule has 5 amide bonds. The van der Waals surface area contributed by atoms with E-state index in [1.807, 2.05) is 0 Å². The first kappa shape index (κ1) is 7.84. The van der Waals surface area contributed by atoms with Crippen molar-refractivity contribution in [3.05, 3.63) is 0 Å². The number of urea groups is 2. The fraction of sp³-hybridized carbons (Fsp3) is 0.500. The Morgan fingerprint density at radius 2 is 1.92 bits per heavy atom. The van der Waals surface area contributed by atoms with Gasteiger partial charge in [-0.15, -0.1) is 0 Å². The summed E-state index contributed by atoms with van der Waals surface area (Å²) < 4.78 is 0. The van der Waals surface area contributed by atoms with Crippen LogP contribution in [0.1, 0.15) is 0 Å². The van der Waals surface area contributed by atoms with Crippen LogP contribution >= 0.6 is 0 Å². The Kier molecular flexibility index (Phi) is 1.42. The molecule has 0 radical (unpaired) electrons. The van der Waals surface area contributed by atoms with Crippen LogP contribution in [0.3, 0.4) is 0 Å². The van der Waals surface area contributed by atoms with Crippen LogP contribution in [0.5, 0.6) is 0 Å². The molecular formula is C6H8N4O3. The van der Waals surface area contributed by atoms with Gasteiger partial charge >= 0.3 is 12.1 Å². The molecule has 2 heterocycles. The van der Waals surface area contributed by atoms with Crippen LogP contribution in [0.2, 0.25) is 0 Å². The molecule has 2 aliphatic rings. The van der Waals surface area contributed by atoms with E-state index in [0.29, 0.717) is 0 Å². The van der Waals surface area contributed by atoms with E-state index in [1.165, 1.54) is 11.9 Å². The normalized spacial score (nSPS) is 32.1. The highest BCUT2D eigenvalue weighted by Gasteiger charge is 2.45. The summed E-state index contributed by atoms with van der Waals surface area (Å²) in [4.78, 5) is 34.4. The molecule has 2 atom stereocenters. The highest BCUT2D eigenvalue weighted by atomic mass is 16.5. The number of amides is 5. The van der Waals surface area contributed by atoms with Crippen LogP contribution < -0.4 is 16.0 Å². The van der Waals surface area contributed by atoms with Crippen LogP contribution in [0, 0.1) is 0 Å².